The molecule has 18 heavy (non-hydrogen) atoms. The zero-order valence-electron chi connectivity index (χ0n) is 10.3. The molecule has 0 aliphatic carbocycles. The number of likely N-dealkylation sites (tertiary alicyclic amines) is 1. The number of aromatic nitrogens is 3. The van der Waals surface area contributed by atoms with Crippen molar-refractivity contribution in [3.63, 3.8) is 0 Å². The van der Waals surface area contributed by atoms with E-state index in [0.717, 1.165) is 6.54 Å². The molecule has 1 aliphatic heterocycles. The summed E-state index contributed by atoms with van der Waals surface area (Å²) in [5, 5.41) is 18.8. The van der Waals surface area contributed by atoms with Crippen molar-refractivity contribution >= 4 is 11.9 Å². The summed E-state index contributed by atoms with van der Waals surface area (Å²) in [6, 6.07) is 0. The monoisotopic (exact) mass is 254 g/mol. The summed E-state index contributed by atoms with van der Waals surface area (Å²) in [4.78, 5) is 17.9. The SMILES string of the molecule is CN1CC[C@H](O)[C@H](C(=O)NCc2nc(N)n[nH]2)C1. The second-order valence-electron chi connectivity index (χ2n) is 4.58. The summed E-state index contributed by atoms with van der Waals surface area (Å²) in [7, 11) is 1.93. The molecule has 1 aromatic rings. The van der Waals surface area contributed by atoms with Crippen LogP contribution in [0.25, 0.3) is 0 Å². The summed E-state index contributed by atoms with van der Waals surface area (Å²) >= 11 is 0. The van der Waals surface area contributed by atoms with Crippen LogP contribution < -0.4 is 11.1 Å². The molecule has 1 fully saturated rings. The molecule has 0 saturated carbocycles. The highest BCUT2D eigenvalue weighted by Gasteiger charge is 2.31. The van der Waals surface area contributed by atoms with Crippen LogP contribution in [0.2, 0.25) is 0 Å². The van der Waals surface area contributed by atoms with Crippen LogP contribution in [0.15, 0.2) is 0 Å². The number of nitrogens with one attached hydrogen (secondary N) is 2. The van der Waals surface area contributed by atoms with E-state index in [1.807, 2.05) is 11.9 Å². The number of piperidine rings is 1. The number of H-pyrrole nitrogens is 1. The topological polar surface area (TPSA) is 120 Å². The van der Waals surface area contributed by atoms with Gasteiger partial charge in [0, 0.05) is 13.1 Å². The molecule has 0 unspecified atom stereocenters. The number of nitrogen functional groups attached to an aromatic ring is 1. The van der Waals surface area contributed by atoms with Gasteiger partial charge in [-0.25, -0.2) is 0 Å². The van der Waals surface area contributed by atoms with Crippen molar-refractivity contribution in [2.75, 3.05) is 25.9 Å². The molecule has 8 nitrogen and oxygen atoms in total. The summed E-state index contributed by atoms with van der Waals surface area (Å²) in [6.07, 6.45) is 0.0325. The van der Waals surface area contributed by atoms with Crippen molar-refractivity contribution < 1.29 is 9.90 Å². The molecule has 5 N–H and O–H groups in total. The smallest absolute Gasteiger partial charge is 0.239 e. The Balaban J connectivity index is 1.87. The van der Waals surface area contributed by atoms with Crippen LogP contribution in [0.3, 0.4) is 0 Å². The second kappa shape index (κ2) is 5.32. The quantitative estimate of drug-likeness (QED) is 0.511. The van der Waals surface area contributed by atoms with E-state index in [-0.39, 0.29) is 18.4 Å². The van der Waals surface area contributed by atoms with E-state index in [2.05, 4.69) is 20.5 Å². The Morgan fingerprint density at radius 3 is 3.17 bits per heavy atom. The van der Waals surface area contributed by atoms with Crippen LogP contribution in [0.5, 0.6) is 0 Å². The number of aliphatic hydroxyl groups excluding tert-OH is 1. The molecule has 1 aliphatic rings. The maximum atomic E-state index is 11.9. The summed E-state index contributed by atoms with van der Waals surface area (Å²) < 4.78 is 0. The van der Waals surface area contributed by atoms with E-state index in [9.17, 15) is 9.90 Å². The van der Waals surface area contributed by atoms with Crippen LogP contribution in [0.1, 0.15) is 12.2 Å². The van der Waals surface area contributed by atoms with E-state index in [1.165, 1.54) is 0 Å². The first-order valence-corrected chi connectivity index (χ1v) is 5.87. The van der Waals surface area contributed by atoms with Crippen LogP contribution in [-0.2, 0) is 11.3 Å². The number of aliphatic hydroxyl groups is 1. The molecular formula is C10H18N6O2. The number of amides is 1. The van der Waals surface area contributed by atoms with Gasteiger partial charge in [-0.15, -0.1) is 5.10 Å². The molecule has 1 aromatic heterocycles. The van der Waals surface area contributed by atoms with Gasteiger partial charge in [0.15, 0.2) is 0 Å². The molecule has 100 valence electrons. The highest BCUT2D eigenvalue weighted by Crippen LogP contribution is 2.16. The largest absolute Gasteiger partial charge is 0.392 e. The fourth-order valence-corrected chi connectivity index (χ4v) is 2.05. The molecule has 1 amide bonds. The van der Waals surface area contributed by atoms with Gasteiger partial charge in [0.25, 0.3) is 0 Å². The zero-order chi connectivity index (χ0) is 13.1. The number of carbonyl (C=O) groups excluding carboxylic acids is 1. The van der Waals surface area contributed by atoms with Crippen LogP contribution in [0.4, 0.5) is 5.95 Å². The maximum Gasteiger partial charge on any atom is 0.239 e. The number of hydrogen-bond donors (Lipinski definition) is 4. The Kier molecular flexibility index (Phi) is 3.78. The van der Waals surface area contributed by atoms with Crippen LogP contribution >= 0.6 is 0 Å². The average Bonchev–Trinajstić information content (AvgIpc) is 2.75. The Hall–Kier alpha value is -1.67. The van der Waals surface area contributed by atoms with Crippen molar-refractivity contribution in [1.82, 2.24) is 25.4 Å². The average molecular weight is 254 g/mol. The number of nitrogens with zero attached hydrogens (tertiary/aromatic N) is 3. The minimum Gasteiger partial charge on any atom is -0.392 e. The molecule has 2 heterocycles. The second-order valence-corrected chi connectivity index (χ2v) is 4.58. The van der Waals surface area contributed by atoms with Gasteiger partial charge in [-0.3, -0.25) is 9.89 Å². The number of hydrogen-bond acceptors (Lipinski definition) is 6. The van der Waals surface area contributed by atoms with Crippen LogP contribution in [0, 0.1) is 5.92 Å². The van der Waals surface area contributed by atoms with Crippen molar-refractivity contribution in [2.24, 2.45) is 5.92 Å². The van der Waals surface area contributed by atoms with Crippen LogP contribution in [-0.4, -0.2) is 57.3 Å². The van der Waals surface area contributed by atoms with Gasteiger partial charge in [-0.05, 0) is 13.5 Å². The molecule has 0 aromatic carbocycles. The number of anilines is 1. The Bertz CT molecular complexity index is 420. The lowest BCUT2D eigenvalue weighted by Crippen LogP contribution is -2.48. The predicted octanol–water partition coefficient (Wildman–Crippen LogP) is -1.68. The molecule has 0 spiro atoms. The van der Waals surface area contributed by atoms with Gasteiger partial charge >= 0.3 is 0 Å². The van der Waals surface area contributed by atoms with E-state index in [0.29, 0.717) is 18.8 Å². The molecule has 2 atom stereocenters. The lowest BCUT2D eigenvalue weighted by Gasteiger charge is -2.32. The van der Waals surface area contributed by atoms with Gasteiger partial charge in [0.1, 0.15) is 5.82 Å². The number of aromatic amines is 1. The van der Waals surface area contributed by atoms with Crippen molar-refractivity contribution in [3.8, 4) is 0 Å². The van der Waals surface area contributed by atoms with Gasteiger partial charge in [-0.1, -0.05) is 0 Å². The first-order valence-electron chi connectivity index (χ1n) is 5.87. The maximum absolute atomic E-state index is 11.9. The molecule has 0 bridgehead atoms. The van der Waals surface area contributed by atoms with Gasteiger partial charge in [-0.2, -0.15) is 4.98 Å². The van der Waals surface area contributed by atoms with Crippen molar-refractivity contribution in [2.45, 2.75) is 19.1 Å². The first-order chi connectivity index (χ1) is 8.56. The lowest BCUT2D eigenvalue weighted by molar-refractivity contribution is -0.131. The third-order valence-electron chi connectivity index (χ3n) is 3.10. The number of rotatable bonds is 3. The molecular weight excluding hydrogens is 236 g/mol. The normalized spacial score (nSPS) is 25.0. The molecule has 0 radical (unpaired) electrons. The fourth-order valence-electron chi connectivity index (χ4n) is 2.05. The fraction of sp³-hybridized carbons (Fsp3) is 0.700. The zero-order valence-corrected chi connectivity index (χ0v) is 10.3. The standard InChI is InChI=1S/C10H18N6O2/c1-16-3-2-7(17)6(5-16)9(18)12-4-8-13-10(11)15-14-8/h6-7,17H,2-5H2,1H3,(H,12,18)(H3,11,13,14,15)/t6-,7+/m1/s1. The number of carbonyl (C=O) groups is 1. The highest BCUT2D eigenvalue weighted by molar-refractivity contribution is 5.79. The van der Waals surface area contributed by atoms with Crippen molar-refractivity contribution in [1.29, 1.82) is 0 Å². The Morgan fingerprint density at radius 1 is 1.72 bits per heavy atom. The third-order valence-corrected chi connectivity index (χ3v) is 3.10. The highest BCUT2D eigenvalue weighted by atomic mass is 16.3. The lowest BCUT2D eigenvalue weighted by atomic mass is 9.94. The Morgan fingerprint density at radius 2 is 2.50 bits per heavy atom. The predicted molar refractivity (Wildman–Crippen MR) is 64.3 cm³/mol. The van der Waals surface area contributed by atoms with E-state index in [1.54, 1.807) is 0 Å². The summed E-state index contributed by atoms with van der Waals surface area (Å²) in [5.74, 6) is 0.0734. The minimum absolute atomic E-state index is 0.150. The minimum atomic E-state index is -0.582. The summed E-state index contributed by atoms with van der Waals surface area (Å²) in [6.45, 7) is 1.60. The molecule has 2 rings (SSSR count). The van der Waals surface area contributed by atoms with E-state index >= 15 is 0 Å². The molecule has 1 saturated heterocycles. The summed E-state index contributed by atoms with van der Waals surface area (Å²) in [5.41, 5.74) is 5.36. The number of nitrogens with two attached hydrogens (primary N) is 1. The first kappa shape index (κ1) is 12.8. The van der Waals surface area contributed by atoms with E-state index < -0.39 is 12.0 Å². The van der Waals surface area contributed by atoms with Gasteiger partial charge in [0.05, 0.1) is 18.6 Å². The van der Waals surface area contributed by atoms with Crippen molar-refractivity contribution in [3.05, 3.63) is 5.82 Å². The Labute approximate surface area is 105 Å². The van der Waals surface area contributed by atoms with E-state index in [4.69, 9.17) is 5.73 Å². The third kappa shape index (κ3) is 2.96. The van der Waals surface area contributed by atoms with Gasteiger partial charge < -0.3 is 21.1 Å². The molecule has 8 heteroatoms. The van der Waals surface area contributed by atoms with Gasteiger partial charge in [0.2, 0.25) is 11.9 Å².